The van der Waals surface area contributed by atoms with Crippen LogP contribution in [0.2, 0.25) is 0 Å². The number of nitrogens with one attached hydrogen (secondary N) is 3. The number of piperidine rings is 1. The number of anilines is 1. The number of aryl methyl sites for hydroxylation is 1. The lowest BCUT2D eigenvalue weighted by Crippen LogP contribution is -2.45. The Morgan fingerprint density at radius 2 is 2.26 bits per heavy atom. The van der Waals surface area contributed by atoms with Crippen LogP contribution in [0.25, 0.3) is 11.0 Å². The molecule has 4 rings (SSSR count). The van der Waals surface area contributed by atoms with Crippen molar-refractivity contribution in [1.82, 2.24) is 35.3 Å². The predicted octanol–water partition coefficient (Wildman–Crippen LogP) is 0.518. The Morgan fingerprint density at radius 3 is 3.09 bits per heavy atom. The average Bonchev–Trinajstić information content (AvgIpc) is 3.18. The molecule has 1 amide bonds. The van der Waals surface area contributed by atoms with Gasteiger partial charge in [0.05, 0.1) is 29.9 Å². The van der Waals surface area contributed by atoms with Crippen LogP contribution < -0.4 is 10.6 Å². The Kier molecular flexibility index (Phi) is 3.18. The molecule has 23 heavy (non-hydrogen) atoms. The van der Waals surface area contributed by atoms with Crippen LogP contribution in [0.1, 0.15) is 24.4 Å². The maximum absolute atomic E-state index is 11.8. The van der Waals surface area contributed by atoms with Gasteiger partial charge in [-0.25, -0.2) is 9.97 Å². The molecule has 2 atom stereocenters. The lowest BCUT2D eigenvalue weighted by molar-refractivity contribution is -0.123. The molecule has 1 aliphatic rings. The number of hydrogen-bond acceptors (Lipinski definition) is 6. The summed E-state index contributed by atoms with van der Waals surface area (Å²) in [6.45, 7) is 0. The third-order valence-electron chi connectivity index (χ3n) is 4.06. The minimum atomic E-state index is -0.151. The highest BCUT2D eigenvalue weighted by Crippen LogP contribution is 2.28. The zero-order valence-corrected chi connectivity index (χ0v) is 12.5. The van der Waals surface area contributed by atoms with E-state index >= 15 is 0 Å². The summed E-state index contributed by atoms with van der Waals surface area (Å²) < 4.78 is 1.73. The van der Waals surface area contributed by atoms with Crippen molar-refractivity contribution in [3.63, 3.8) is 0 Å². The molecule has 9 nitrogen and oxygen atoms in total. The molecule has 3 N–H and O–H groups in total. The lowest BCUT2D eigenvalue weighted by Gasteiger charge is -2.32. The van der Waals surface area contributed by atoms with Crippen LogP contribution in [0.5, 0.6) is 0 Å². The molecule has 0 bridgehead atoms. The Bertz CT molecular complexity index is 853. The standard InChI is InChI=1S/C14H16N8O/c1-22-6-8(4-18-22)12-10(2-3-11(23)20-12)19-13-9-5-17-21-14(9)16-7-15-13/h4-7,10,12H,2-3H2,1H3,(H,20,23)(H2,15,16,17,19,21)/t10-,12+/m1/s1. The molecule has 0 unspecified atom stereocenters. The fourth-order valence-electron chi connectivity index (χ4n) is 2.93. The summed E-state index contributed by atoms with van der Waals surface area (Å²) in [7, 11) is 1.86. The Hall–Kier alpha value is -2.97. The maximum Gasteiger partial charge on any atom is 0.220 e. The summed E-state index contributed by atoms with van der Waals surface area (Å²) in [5.41, 5.74) is 1.65. The van der Waals surface area contributed by atoms with Crippen molar-refractivity contribution in [3.05, 3.63) is 30.5 Å². The van der Waals surface area contributed by atoms with Gasteiger partial charge in [-0.15, -0.1) is 0 Å². The molecule has 3 aromatic rings. The smallest absolute Gasteiger partial charge is 0.220 e. The molecule has 0 radical (unpaired) electrons. The first-order chi connectivity index (χ1) is 11.2. The van der Waals surface area contributed by atoms with E-state index in [1.54, 1.807) is 17.1 Å². The van der Waals surface area contributed by atoms with Gasteiger partial charge in [0.2, 0.25) is 5.91 Å². The molecule has 4 heterocycles. The van der Waals surface area contributed by atoms with Crippen LogP contribution >= 0.6 is 0 Å². The molecule has 9 heteroatoms. The molecule has 3 aromatic heterocycles. The van der Waals surface area contributed by atoms with Gasteiger partial charge in [0.1, 0.15) is 12.1 Å². The Balaban J connectivity index is 1.65. The van der Waals surface area contributed by atoms with Crippen molar-refractivity contribution < 1.29 is 4.79 Å². The number of aromatic nitrogens is 6. The molecule has 0 aliphatic carbocycles. The minimum absolute atomic E-state index is 0.0184. The number of fused-ring (bicyclic) bond motifs is 1. The molecule has 0 aromatic carbocycles. The number of hydrogen-bond donors (Lipinski definition) is 3. The topological polar surface area (TPSA) is 113 Å². The fourth-order valence-corrected chi connectivity index (χ4v) is 2.93. The largest absolute Gasteiger partial charge is 0.364 e. The van der Waals surface area contributed by atoms with Crippen molar-refractivity contribution in [1.29, 1.82) is 0 Å². The SMILES string of the molecule is Cn1cc([C@@H]2NC(=O)CC[C@H]2Nc2ncnc3[nH]ncc23)cn1. The summed E-state index contributed by atoms with van der Waals surface area (Å²) >= 11 is 0. The van der Waals surface area contributed by atoms with E-state index in [0.717, 1.165) is 17.4 Å². The highest BCUT2D eigenvalue weighted by Gasteiger charge is 2.31. The predicted molar refractivity (Wildman–Crippen MR) is 82.4 cm³/mol. The summed E-state index contributed by atoms with van der Waals surface area (Å²) in [6, 6.07) is -0.133. The maximum atomic E-state index is 11.8. The molecule has 1 saturated heterocycles. The van der Waals surface area contributed by atoms with E-state index < -0.39 is 0 Å². The monoisotopic (exact) mass is 312 g/mol. The fraction of sp³-hybridized carbons (Fsp3) is 0.357. The van der Waals surface area contributed by atoms with Gasteiger partial charge in [-0.2, -0.15) is 10.2 Å². The number of nitrogens with zero attached hydrogens (tertiary/aromatic N) is 5. The van der Waals surface area contributed by atoms with Crippen molar-refractivity contribution in [2.24, 2.45) is 7.05 Å². The number of carbonyl (C=O) groups excluding carboxylic acids is 1. The van der Waals surface area contributed by atoms with E-state index in [2.05, 4.69) is 35.9 Å². The lowest BCUT2D eigenvalue weighted by atomic mass is 9.93. The van der Waals surface area contributed by atoms with E-state index in [0.29, 0.717) is 17.9 Å². The third kappa shape index (κ3) is 2.50. The van der Waals surface area contributed by atoms with Gasteiger partial charge in [0.15, 0.2) is 5.65 Å². The number of amides is 1. The van der Waals surface area contributed by atoms with Crippen LogP contribution in [-0.4, -0.2) is 41.9 Å². The molecular formula is C14H16N8O. The number of rotatable bonds is 3. The normalized spacial score (nSPS) is 21.3. The first kappa shape index (κ1) is 13.7. The second-order valence-corrected chi connectivity index (χ2v) is 5.64. The second-order valence-electron chi connectivity index (χ2n) is 5.64. The van der Waals surface area contributed by atoms with Crippen LogP contribution in [0.3, 0.4) is 0 Å². The molecule has 0 saturated carbocycles. The molecular weight excluding hydrogens is 296 g/mol. The van der Waals surface area contributed by atoms with E-state index in [1.807, 2.05) is 13.2 Å². The molecule has 1 fully saturated rings. The van der Waals surface area contributed by atoms with Crippen molar-refractivity contribution in [2.75, 3.05) is 5.32 Å². The molecule has 0 spiro atoms. The molecule has 1 aliphatic heterocycles. The number of H-pyrrole nitrogens is 1. The Morgan fingerprint density at radius 1 is 1.35 bits per heavy atom. The van der Waals surface area contributed by atoms with Crippen LogP contribution in [0.4, 0.5) is 5.82 Å². The van der Waals surface area contributed by atoms with Crippen molar-refractivity contribution in [3.8, 4) is 0 Å². The van der Waals surface area contributed by atoms with Gasteiger partial charge in [0, 0.05) is 25.2 Å². The minimum Gasteiger partial charge on any atom is -0.364 e. The van der Waals surface area contributed by atoms with E-state index in [1.165, 1.54) is 6.33 Å². The Labute approximate surface area is 131 Å². The first-order valence-electron chi connectivity index (χ1n) is 7.39. The average molecular weight is 312 g/mol. The van der Waals surface area contributed by atoms with Gasteiger partial charge >= 0.3 is 0 Å². The third-order valence-corrected chi connectivity index (χ3v) is 4.06. The van der Waals surface area contributed by atoms with E-state index in [-0.39, 0.29) is 18.0 Å². The van der Waals surface area contributed by atoms with Gasteiger partial charge in [-0.05, 0) is 6.42 Å². The highest BCUT2D eigenvalue weighted by molar-refractivity contribution is 5.86. The number of carbonyl (C=O) groups is 1. The van der Waals surface area contributed by atoms with Gasteiger partial charge in [-0.1, -0.05) is 0 Å². The first-order valence-corrected chi connectivity index (χ1v) is 7.39. The highest BCUT2D eigenvalue weighted by atomic mass is 16.1. The van der Waals surface area contributed by atoms with Crippen LogP contribution in [0, 0.1) is 0 Å². The van der Waals surface area contributed by atoms with Crippen molar-refractivity contribution >= 4 is 22.8 Å². The van der Waals surface area contributed by atoms with E-state index in [4.69, 9.17) is 0 Å². The quantitative estimate of drug-likeness (QED) is 0.649. The summed E-state index contributed by atoms with van der Waals surface area (Å²) in [4.78, 5) is 20.3. The second kappa shape index (κ2) is 5.34. The number of aromatic amines is 1. The van der Waals surface area contributed by atoms with E-state index in [9.17, 15) is 4.79 Å². The zero-order valence-electron chi connectivity index (χ0n) is 12.5. The van der Waals surface area contributed by atoms with Gasteiger partial charge in [-0.3, -0.25) is 14.6 Å². The van der Waals surface area contributed by atoms with Crippen LogP contribution in [-0.2, 0) is 11.8 Å². The van der Waals surface area contributed by atoms with Gasteiger partial charge < -0.3 is 10.6 Å². The summed E-state index contributed by atoms with van der Waals surface area (Å²) in [5.74, 6) is 0.756. The zero-order chi connectivity index (χ0) is 15.8. The summed E-state index contributed by atoms with van der Waals surface area (Å²) in [5, 5.41) is 18.3. The molecule has 118 valence electrons. The van der Waals surface area contributed by atoms with Crippen molar-refractivity contribution in [2.45, 2.75) is 24.9 Å². The van der Waals surface area contributed by atoms with Crippen LogP contribution in [0.15, 0.2) is 24.9 Å². The van der Waals surface area contributed by atoms with Gasteiger partial charge in [0.25, 0.3) is 0 Å². The summed E-state index contributed by atoms with van der Waals surface area (Å²) in [6.07, 6.45) is 8.07.